The van der Waals surface area contributed by atoms with Gasteiger partial charge in [0, 0.05) is 33.4 Å². The molecule has 164 valence electrons. The number of ether oxygens (including phenoxy) is 2. The predicted octanol–water partition coefficient (Wildman–Crippen LogP) is 2.67. The number of hydrogen-bond acceptors (Lipinski definition) is 7. The van der Waals surface area contributed by atoms with Crippen molar-refractivity contribution in [2.45, 2.75) is 56.5 Å². The van der Waals surface area contributed by atoms with E-state index in [2.05, 4.69) is 0 Å². The maximum absolute atomic E-state index is 13.0. The van der Waals surface area contributed by atoms with Gasteiger partial charge in [-0.3, -0.25) is 9.00 Å². The quantitative estimate of drug-likeness (QED) is 0.574. The van der Waals surface area contributed by atoms with Gasteiger partial charge in [0.2, 0.25) is 0 Å². The Kier molecular flexibility index (Phi) is 5.01. The van der Waals surface area contributed by atoms with Crippen LogP contribution in [0.25, 0.3) is 0 Å². The summed E-state index contributed by atoms with van der Waals surface area (Å²) >= 11 is 0. The van der Waals surface area contributed by atoms with Gasteiger partial charge in [0.1, 0.15) is 6.10 Å². The summed E-state index contributed by atoms with van der Waals surface area (Å²) in [7, 11) is -0.212. The lowest BCUT2D eigenvalue weighted by Gasteiger charge is -2.60. The number of furan rings is 1. The minimum absolute atomic E-state index is 0.271. The van der Waals surface area contributed by atoms with Gasteiger partial charge in [-0.1, -0.05) is 25.5 Å². The lowest BCUT2D eigenvalue weighted by molar-refractivity contribution is -0.190. The molecule has 7 unspecified atom stereocenters. The van der Waals surface area contributed by atoms with E-state index in [-0.39, 0.29) is 18.3 Å². The normalized spacial score (nSPS) is 41.7. The fourth-order valence-corrected chi connectivity index (χ4v) is 7.32. The SMILES string of the molecule is COC(=O)C1(O)C(S(C)=O)CC=C2C3(C)CC(c4ccoc4)OC(=O)C3CCC21C. The lowest BCUT2D eigenvalue weighted by Crippen LogP contribution is -2.68. The number of carbonyl (C=O) groups excluding carboxylic acids is 2. The van der Waals surface area contributed by atoms with E-state index in [1.54, 1.807) is 18.6 Å². The number of hydrogen-bond donors (Lipinski definition) is 1. The van der Waals surface area contributed by atoms with E-state index in [1.807, 2.05) is 19.9 Å². The fraction of sp³-hybridized carbons (Fsp3) is 0.636. The van der Waals surface area contributed by atoms with Crippen molar-refractivity contribution in [1.29, 1.82) is 0 Å². The van der Waals surface area contributed by atoms with Crippen molar-refractivity contribution in [2.75, 3.05) is 13.4 Å². The molecule has 8 heteroatoms. The molecule has 0 bridgehead atoms. The summed E-state index contributed by atoms with van der Waals surface area (Å²) < 4.78 is 28.4. The second-order valence-electron chi connectivity index (χ2n) is 9.13. The van der Waals surface area contributed by atoms with Gasteiger partial charge in [-0.05, 0) is 31.7 Å². The van der Waals surface area contributed by atoms with E-state index in [1.165, 1.54) is 13.4 Å². The Bertz CT molecular complexity index is 922. The summed E-state index contributed by atoms with van der Waals surface area (Å²) in [5.41, 5.74) is -1.93. The first-order chi connectivity index (χ1) is 14.1. The topological polar surface area (TPSA) is 103 Å². The summed E-state index contributed by atoms with van der Waals surface area (Å²) in [5.74, 6) is -1.42. The van der Waals surface area contributed by atoms with Crippen molar-refractivity contribution in [3.63, 3.8) is 0 Å². The number of carbonyl (C=O) groups is 2. The molecule has 2 heterocycles. The van der Waals surface area contributed by atoms with Crippen molar-refractivity contribution in [3.8, 4) is 0 Å². The van der Waals surface area contributed by atoms with Crippen molar-refractivity contribution < 1.29 is 32.8 Å². The van der Waals surface area contributed by atoms with Crippen LogP contribution >= 0.6 is 0 Å². The van der Waals surface area contributed by atoms with Crippen LogP contribution in [-0.4, -0.2) is 45.5 Å². The molecule has 0 aromatic carbocycles. The van der Waals surface area contributed by atoms with Crippen LogP contribution < -0.4 is 0 Å². The van der Waals surface area contributed by atoms with E-state index in [9.17, 15) is 18.9 Å². The smallest absolute Gasteiger partial charge is 0.340 e. The second-order valence-corrected chi connectivity index (χ2v) is 10.7. The van der Waals surface area contributed by atoms with Gasteiger partial charge in [0.15, 0.2) is 5.60 Å². The predicted molar refractivity (Wildman–Crippen MR) is 109 cm³/mol. The zero-order valence-electron chi connectivity index (χ0n) is 17.7. The molecule has 1 N–H and O–H groups in total. The average molecular weight is 437 g/mol. The number of methoxy groups -OCH3 is 1. The first-order valence-electron chi connectivity index (χ1n) is 10.2. The molecular weight excluding hydrogens is 408 g/mol. The summed E-state index contributed by atoms with van der Waals surface area (Å²) in [6, 6.07) is 1.78. The van der Waals surface area contributed by atoms with Crippen molar-refractivity contribution in [1.82, 2.24) is 0 Å². The third-order valence-corrected chi connectivity index (χ3v) is 9.05. The average Bonchev–Trinajstić information content (AvgIpc) is 3.22. The molecule has 3 aliphatic rings. The molecule has 7 nitrogen and oxygen atoms in total. The Hall–Kier alpha value is -1.93. The van der Waals surface area contributed by atoms with Crippen LogP contribution in [0.4, 0.5) is 0 Å². The molecule has 1 saturated carbocycles. The summed E-state index contributed by atoms with van der Waals surface area (Å²) in [6.45, 7) is 3.85. The molecule has 2 fully saturated rings. The Labute approximate surface area is 178 Å². The van der Waals surface area contributed by atoms with Gasteiger partial charge in [0.05, 0.1) is 30.8 Å². The molecular formula is C22H28O7S. The Balaban J connectivity index is 1.84. The van der Waals surface area contributed by atoms with E-state index >= 15 is 0 Å². The molecule has 2 aliphatic carbocycles. The first kappa shape index (κ1) is 21.3. The van der Waals surface area contributed by atoms with Gasteiger partial charge >= 0.3 is 11.9 Å². The molecule has 0 radical (unpaired) electrons. The van der Waals surface area contributed by atoms with Gasteiger partial charge < -0.3 is 19.0 Å². The van der Waals surface area contributed by atoms with Crippen molar-refractivity contribution >= 4 is 22.7 Å². The van der Waals surface area contributed by atoms with E-state index in [0.717, 1.165) is 11.1 Å². The summed E-state index contributed by atoms with van der Waals surface area (Å²) in [5, 5.41) is 11.0. The van der Waals surface area contributed by atoms with Crippen molar-refractivity contribution in [3.05, 3.63) is 35.8 Å². The highest BCUT2D eigenvalue weighted by Crippen LogP contribution is 2.65. The van der Waals surface area contributed by atoms with Crippen LogP contribution in [0.15, 0.2) is 34.7 Å². The van der Waals surface area contributed by atoms with Crippen LogP contribution in [0.1, 0.15) is 51.2 Å². The van der Waals surface area contributed by atoms with Crippen LogP contribution in [0.5, 0.6) is 0 Å². The van der Waals surface area contributed by atoms with Crippen LogP contribution in [0.3, 0.4) is 0 Å². The molecule has 7 atom stereocenters. The number of esters is 2. The standard InChI is InChI=1S/C22H28O7S/c1-20-11-15(13-8-10-28-12-13)29-18(23)14(20)7-9-21(2)16(20)5-6-17(30(4)26)22(21,25)19(24)27-3/h5,8,10,12,14-15,17,25H,6-7,9,11H2,1-4H3. The number of cyclic esters (lactones) is 1. The van der Waals surface area contributed by atoms with E-state index in [4.69, 9.17) is 13.9 Å². The third-order valence-electron chi connectivity index (χ3n) is 7.72. The minimum Gasteiger partial charge on any atom is -0.472 e. The maximum atomic E-state index is 13.0. The molecule has 30 heavy (non-hydrogen) atoms. The third kappa shape index (κ3) is 2.69. The second kappa shape index (κ2) is 7.05. The zero-order chi connectivity index (χ0) is 21.9. The van der Waals surface area contributed by atoms with Crippen molar-refractivity contribution in [2.24, 2.45) is 16.7 Å². The molecule has 0 spiro atoms. The Morgan fingerprint density at radius 1 is 1.37 bits per heavy atom. The van der Waals surface area contributed by atoms with Crippen LogP contribution in [0, 0.1) is 16.7 Å². The first-order valence-corrected chi connectivity index (χ1v) is 11.8. The molecule has 1 aromatic rings. The number of fused-ring (bicyclic) bond motifs is 3. The lowest BCUT2D eigenvalue weighted by atomic mass is 9.46. The molecule has 1 aliphatic heterocycles. The fourth-order valence-electron chi connectivity index (χ4n) is 6.12. The molecule has 4 rings (SSSR count). The van der Waals surface area contributed by atoms with Gasteiger partial charge in [-0.25, -0.2) is 4.79 Å². The number of rotatable bonds is 3. The highest BCUT2D eigenvalue weighted by molar-refractivity contribution is 7.85. The largest absolute Gasteiger partial charge is 0.472 e. The van der Waals surface area contributed by atoms with Gasteiger partial charge in [-0.2, -0.15) is 0 Å². The number of allylic oxidation sites excluding steroid dienone is 1. The monoisotopic (exact) mass is 436 g/mol. The number of aliphatic hydroxyl groups is 1. The summed E-state index contributed by atoms with van der Waals surface area (Å²) in [6.07, 6.45) is 7.77. The van der Waals surface area contributed by atoms with Crippen LogP contribution in [0.2, 0.25) is 0 Å². The Morgan fingerprint density at radius 3 is 2.70 bits per heavy atom. The highest BCUT2D eigenvalue weighted by Gasteiger charge is 2.68. The maximum Gasteiger partial charge on any atom is 0.340 e. The Morgan fingerprint density at radius 2 is 2.10 bits per heavy atom. The van der Waals surface area contributed by atoms with Gasteiger partial charge in [-0.15, -0.1) is 0 Å². The zero-order valence-corrected chi connectivity index (χ0v) is 18.5. The minimum atomic E-state index is -1.94. The van der Waals surface area contributed by atoms with E-state index in [0.29, 0.717) is 19.3 Å². The molecule has 0 amide bonds. The summed E-state index contributed by atoms with van der Waals surface area (Å²) in [4.78, 5) is 25.9. The van der Waals surface area contributed by atoms with E-state index < -0.39 is 44.6 Å². The molecule has 1 saturated heterocycles. The van der Waals surface area contributed by atoms with Gasteiger partial charge in [0.25, 0.3) is 0 Å². The highest BCUT2D eigenvalue weighted by atomic mass is 32.2. The molecule has 1 aromatic heterocycles. The van der Waals surface area contributed by atoms with Crippen LogP contribution in [-0.2, 0) is 29.9 Å².